The summed E-state index contributed by atoms with van der Waals surface area (Å²) in [5.41, 5.74) is 3.05. The average Bonchev–Trinajstić information content (AvgIpc) is 2.76. The predicted molar refractivity (Wildman–Crippen MR) is 117 cm³/mol. The monoisotopic (exact) mass is 437 g/mol. The first kappa shape index (κ1) is 23.1. The Morgan fingerprint density at radius 1 is 0.906 bits per heavy atom. The summed E-state index contributed by atoms with van der Waals surface area (Å²) in [5, 5.41) is 18.9. The zero-order valence-corrected chi connectivity index (χ0v) is 17.6. The van der Waals surface area contributed by atoms with Gasteiger partial charge in [-0.05, 0) is 70.5 Å². The molecule has 0 spiro atoms. The molecule has 164 valence electrons. The Balaban J connectivity index is 2.15. The Bertz CT molecular complexity index is 1140. The molecule has 0 saturated carbocycles. The molecule has 0 fully saturated rings. The second-order valence-electron chi connectivity index (χ2n) is 8.13. The van der Waals surface area contributed by atoms with Crippen molar-refractivity contribution in [1.82, 2.24) is 0 Å². The first-order chi connectivity index (χ1) is 15.1. The van der Waals surface area contributed by atoms with Gasteiger partial charge in [0, 0.05) is 0 Å². The number of aliphatic carboxylic acids is 1. The van der Waals surface area contributed by atoms with E-state index in [1.165, 1.54) is 12.1 Å². The minimum Gasteiger partial charge on any atom is -0.481 e. The highest BCUT2D eigenvalue weighted by Gasteiger charge is 2.30. The van der Waals surface area contributed by atoms with Gasteiger partial charge in [0.1, 0.15) is 0 Å². The van der Waals surface area contributed by atoms with Crippen molar-refractivity contribution in [2.75, 3.05) is 0 Å². The number of halogens is 3. The summed E-state index contributed by atoms with van der Waals surface area (Å²) in [6, 6.07) is 19.1. The van der Waals surface area contributed by atoms with Gasteiger partial charge in [0.25, 0.3) is 0 Å². The molecule has 3 aromatic rings. The zero-order chi connectivity index (χ0) is 23.5. The second kappa shape index (κ2) is 9.27. The van der Waals surface area contributed by atoms with Crippen molar-refractivity contribution in [3.63, 3.8) is 0 Å². The van der Waals surface area contributed by atoms with Crippen LogP contribution in [-0.2, 0) is 11.0 Å². The third-order valence-corrected chi connectivity index (χ3v) is 5.26. The predicted octanol–water partition coefficient (Wildman–Crippen LogP) is 7.13. The van der Waals surface area contributed by atoms with Crippen LogP contribution in [-0.4, -0.2) is 11.1 Å². The first-order valence-corrected chi connectivity index (χ1v) is 10.1. The van der Waals surface area contributed by atoms with Crippen molar-refractivity contribution >= 4 is 5.97 Å². The fourth-order valence-corrected chi connectivity index (χ4v) is 3.63. The van der Waals surface area contributed by atoms with Crippen LogP contribution >= 0.6 is 0 Å². The molecular weight excluding hydrogens is 415 g/mol. The van der Waals surface area contributed by atoms with Crippen molar-refractivity contribution in [3.05, 3.63) is 83.4 Å². The van der Waals surface area contributed by atoms with Gasteiger partial charge in [-0.2, -0.15) is 18.4 Å². The van der Waals surface area contributed by atoms with Crippen molar-refractivity contribution in [1.29, 1.82) is 5.26 Å². The topological polar surface area (TPSA) is 61.1 Å². The molecule has 0 amide bonds. The molecule has 0 saturated heterocycles. The van der Waals surface area contributed by atoms with Crippen molar-refractivity contribution in [2.45, 2.75) is 32.4 Å². The molecule has 0 heterocycles. The molecule has 0 aromatic heterocycles. The van der Waals surface area contributed by atoms with Crippen LogP contribution < -0.4 is 0 Å². The van der Waals surface area contributed by atoms with E-state index in [4.69, 9.17) is 5.26 Å². The molecule has 1 N–H and O–H groups in total. The highest BCUT2D eigenvalue weighted by Crippen LogP contribution is 2.35. The highest BCUT2D eigenvalue weighted by atomic mass is 19.4. The summed E-state index contributed by atoms with van der Waals surface area (Å²) in [5.74, 6) is -1.56. The van der Waals surface area contributed by atoms with E-state index >= 15 is 0 Å². The number of nitrogens with zero attached hydrogens (tertiary/aromatic N) is 1. The lowest BCUT2D eigenvalue weighted by Gasteiger charge is -2.18. The molecule has 0 radical (unpaired) electrons. The third-order valence-electron chi connectivity index (χ3n) is 5.26. The van der Waals surface area contributed by atoms with Gasteiger partial charge in [0.2, 0.25) is 0 Å². The molecule has 6 heteroatoms. The summed E-state index contributed by atoms with van der Waals surface area (Å²) in [4.78, 5) is 12.0. The molecule has 3 rings (SSSR count). The highest BCUT2D eigenvalue weighted by molar-refractivity contribution is 5.80. The average molecular weight is 437 g/mol. The number of hydrogen-bond donors (Lipinski definition) is 1. The van der Waals surface area contributed by atoms with Crippen molar-refractivity contribution in [2.24, 2.45) is 5.92 Å². The molecule has 0 aliphatic heterocycles. The van der Waals surface area contributed by atoms with E-state index in [2.05, 4.69) is 6.07 Å². The normalized spacial score (nSPS) is 12.4. The Morgan fingerprint density at radius 2 is 1.41 bits per heavy atom. The third kappa shape index (κ3) is 5.36. The van der Waals surface area contributed by atoms with Crippen LogP contribution in [0.3, 0.4) is 0 Å². The van der Waals surface area contributed by atoms with E-state index in [0.29, 0.717) is 28.7 Å². The molecule has 32 heavy (non-hydrogen) atoms. The van der Waals surface area contributed by atoms with Gasteiger partial charge in [-0.25, -0.2) is 0 Å². The van der Waals surface area contributed by atoms with Crippen LogP contribution in [0.15, 0.2) is 66.7 Å². The van der Waals surface area contributed by atoms with E-state index < -0.39 is 23.6 Å². The van der Waals surface area contributed by atoms with Crippen LogP contribution in [0, 0.1) is 17.2 Å². The minimum absolute atomic E-state index is 0.143. The summed E-state index contributed by atoms with van der Waals surface area (Å²) >= 11 is 0. The Kier molecular flexibility index (Phi) is 6.69. The van der Waals surface area contributed by atoms with Crippen LogP contribution in [0.1, 0.15) is 42.9 Å². The number of alkyl halides is 3. The number of nitriles is 1. The molecule has 3 nitrogen and oxygen atoms in total. The van der Waals surface area contributed by atoms with E-state index in [9.17, 15) is 23.1 Å². The van der Waals surface area contributed by atoms with Gasteiger partial charge >= 0.3 is 12.1 Å². The van der Waals surface area contributed by atoms with Gasteiger partial charge in [0.15, 0.2) is 0 Å². The van der Waals surface area contributed by atoms with Crippen molar-refractivity contribution in [3.8, 4) is 28.3 Å². The Labute approximate surface area is 184 Å². The van der Waals surface area contributed by atoms with Gasteiger partial charge in [-0.1, -0.05) is 50.2 Å². The molecule has 3 aromatic carbocycles. The summed E-state index contributed by atoms with van der Waals surface area (Å²) in [6.07, 6.45) is -4.00. The number of carbonyl (C=O) groups is 1. The summed E-state index contributed by atoms with van der Waals surface area (Å²) in [6.45, 7) is 3.88. The standard InChI is InChI=1S/C26H22F3NO2/c1-16(2)11-24(25(31)32)22-13-20(18-5-3-17(15-30)4-6-18)12-21(14-22)19-7-9-23(10-8-19)26(27,28)29/h3-10,12-14,16,24H,11H2,1-2H3,(H,31,32). The maximum absolute atomic E-state index is 13.0. The van der Waals surface area contributed by atoms with Crippen LogP contribution in [0.5, 0.6) is 0 Å². The minimum atomic E-state index is -4.43. The van der Waals surface area contributed by atoms with E-state index in [-0.39, 0.29) is 5.92 Å². The maximum atomic E-state index is 13.0. The second-order valence-corrected chi connectivity index (χ2v) is 8.13. The molecular formula is C26H22F3NO2. The van der Waals surface area contributed by atoms with Crippen LogP contribution in [0.2, 0.25) is 0 Å². The lowest BCUT2D eigenvalue weighted by Crippen LogP contribution is -2.14. The summed E-state index contributed by atoms with van der Waals surface area (Å²) < 4.78 is 38.9. The van der Waals surface area contributed by atoms with Crippen LogP contribution in [0.25, 0.3) is 22.3 Å². The first-order valence-electron chi connectivity index (χ1n) is 10.1. The fraction of sp³-hybridized carbons (Fsp3) is 0.231. The molecule has 0 aliphatic rings. The van der Waals surface area contributed by atoms with E-state index in [0.717, 1.165) is 23.3 Å². The Morgan fingerprint density at radius 3 is 1.81 bits per heavy atom. The Hall–Kier alpha value is -3.59. The molecule has 1 unspecified atom stereocenters. The lowest BCUT2D eigenvalue weighted by atomic mass is 9.86. The number of rotatable bonds is 6. The van der Waals surface area contributed by atoms with Gasteiger partial charge in [-0.15, -0.1) is 0 Å². The van der Waals surface area contributed by atoms with Crippen molar-refractivity contribution < 1.29 is 23.1 Å². The smallest absolute Gasteiger partial charge is 0.416 e. The quantitative estimate of drug-likeness (QED) is 0.446. The molecule has 0 aliphatic carbocycles. The van der Waals surface area contributed by atoms with Gasteiger partial charge in [0.05, 0.1) is 23.1 Å². The number of benzene rings is 3. The van der Waals surface area contributed by atoms with E-state index in [1.807, 2.05) is 19.9 Å². The largest absolute Gasteiger partial charge is 0.481 e. The molecule has 1 atom stereocenters. The summed E-state index contributed by atoms with van der Waals surface area (Å²) in [7, 11) is 0. The lowest BCUT2D eigenvalue weighted by molar-refractivity contribution is -0.139. The fourth-order valence-electron chi connectivity index (χ4n) is 3.63. The maximum Gasteiger partial charge on any atom is 0.416 e. The van der Waals surface area contributed by atoms with Gasteiger partial charge in [-0.3, -0.25) is 4.79 Å². The number of carboxylic acids is 1. The molecule has 0 bridgehead atoms. The van der Waals surface area contributed by atoms with E-state index in [1.54, 1.807) is 36.4 Å². The van der Waals surface area contributed by atoms with Crippen LogP contribution in [0.4, 0.5) is 13.2 Å². The SMILES string of the molecule is CC(C)CC(C(=O)O)c1cc(-c2ccc(C#N)cc2)cc(-c2ccc(C(F)(F)F)cc2)c1. The zero-order valence-electron chi connectivity index (χ0n) is 17.6. The number of hydrogen-bond acceptors (Lipinski definition) is 2. The number of carboxylic acid groups (broad SMARTS) is 1. The van der Waals surface area contributed by atoms with Gasteiger partial charge < -0.3 is 5.11 Å².